The summed E-state index contributed by atoms with van der Waals surface area (Å²) in [4.78, 5) is 12.7. The summed E-state index contributed by atoms with van der Waals surface area (Å²) in [6, 6.07) is 24.9. The molecule has 4 aromatic rings. The van der Waals surface area contributed by atoms with Crippen LogP contribution in [0.5, 0.6) is 0 Å². The SMILES string of the molecule is C[C@@H](Sc1nnc(CNc2ccc(Cl)cc2)n1-c1ccccc1)C(=O)N/N=C\c1ccc(Br)cc1. The van der Waals surface area contributed by atoms with Crippen molar-refractivity contribution in [3.63, 3.8) is 0 Å². The summed E-state index contributed by atoms with van der Waals surface area (Å²) < 4.78 is 2.93. The molecule has 178 valence electrons. The minimum atomic E-state index is -0.444. The van der Waals surface area contributed by atoms with E-state index in [-0.39, 0.29) is 5.91 Å². The van der Waals surface area contributed by atoms with Gasteiger partial charge in [-0.25, -0.2) is 5.43 Å². The lowest BCUT2D eigenvalue weighted by molar-refractivity contribution is -0.120. The molecule has 1 heterocycles. The maximum atomic E-state index is 12.7. The molecule has 0 fully saturated rings. The lowest BCUT2D eigenvalue weighted by Gasteiger charge is -2.13. The van der Waals surface area contributed by atoms with E-state index in [1.165, 1.54) is 11.8 Å². The zero-order chi connectivity index (χ0) is 24.6. The number of benzene rings is 3. The van der Waals surface area contributed by atoms with Gasteiger partial charge in [-0.3, -0.25) is 9.36 Å². The van der Waals surface area contributed by atoms with Crippen molar-refractivity contribution >= 4 is 57.1 Å². The number of thioether (sulfide) groups is 1. The van der Waals surface area contributed by atoms with Crippen LogP contribution in [0.4, 0.5) is 5.69 Å². The molecule has 0 spiro atoms. The standard InChI is InChI=1S/C25H22BrClN6OS/c1-17(24(34)31-29-15-18-7-9-19(26)10-8-18)35-25-32-30-23(33(25)22-5-3-2-4-6-22)16-28-21-13-11-20(27)12-14-21/h2-15,17,28H,16H2,1H3,(H,31,34)/b29-15-/t17-/m1/s1. The fourth-order valence-electron chi connectivity index (χ4n) is 3.10. The highest BCUT2D eigenvalue weighted by atomic mass is 79.9. The van der Waals surface area contributed by atoms with Crippen LogP contribution in [-0.4, -0.2) is 32.1 Å². The monoisotopic (exact) mass is 568 g/mol. The first kappa shape index (κ1) is 25.0. The van der Waals surface area contributed by atoms with Gasteiger partial charge in [0.15, 0.2) is 11.0 Å². The summed E-state index contributed by atoms with van der Waals surface area (Å²) >= 11 is 10.7. The number of rotatable bonds is 9. The molecule has 0 aliphatic rings. The van der Waals surface area contributed by atoms with Gasteiger partial charge in [0.1, 0.15) is 0 Å². The molecule has 0 unspecified atom stereocenters. The van der Waals surface area contributed by atoms with Crippen LogP contribution < -0.4 is 10.7 Å². The number of hydrogen-bond acceptors (Lipinski definition) is 6. The molecule has 1 amide bonds. The zero-order valence-electron chi connectivity index (χ0n) is 18.7. The van der Waals surface area contributed by atoms with Crippen LogP contribution in [0.3, 0.4) is 0 Å². The lowest BCUT2D eigenvalue weighted by atomic mass is 10.2. The third-order valence-corrected chi connectivity index (χ3v) is 6.74. The minimum Gasteiger partial charge on any atom is -0.378 e. The molecule has 0 bridgehead atoms. The fraction of sp³-hybridized carbons (Fsp3) is 0.120. The van der Waals surface area contributed by atoms with Gasteiger partial charge in [-0.1, -0.05) is 69.6 Å². The Bertz CT molecular complexity index is 1300. The van der Waals surface area contributed by atoms with Gasteiger partial charge in [0.2, 0.25) is 0 Å². The van der Waals surface area contributed by atoms with Crippen LogP contribution in [0.25, 0.3) is 5.69 Å². The largest absolute Gasteiger partial charge is 0.378 e. The van der Waals surface area contributed by atoms with Crippen molar-refractivity contribution in [1.82, 2.24) is 20.2 Å². The van der Waals surface area contributed by atoms with Crippen molar-refractivity contribution in [2.45, 2.75) is 23.9 Å². The van der Waals surface area contributed by atoms with E-state index >= 15 is 0 Å². The van der Waals surface area contributed by atoms with Crippen molar-refractivity contribution in [2.24, 2.45) is 5.10 Å². The molecule has 35 heavy (non-hydrogen) atoms. The highest BCUT2D eigenvalue weighted by Gasteiger charge is 2.21. The summed E-state index contributed by atoms with van der Waals surface area (Å²) in [5, 5.41) is 17.0. The number of nitrogens with one attached hydrogen (secondary N) is 2. The summed E-state index contributed by atoms with van der Waals surface area (Å²) in [7, 11) is 0. The Kier molecular flexibility index (Phi) is 8.57. The van der Waals surface area contributed by atoms with Crippen LogP contribution in [0.15, 0.2) is 93.6 Å². The Balaban J connectivity index is 1.46. The maximum absolute atomic E-state index is 12.7. The Labute approximate surface area is 221 Å². The molecule has 0 radical (unpaired) electrons. The first-order valence-corrected chi connectivity index (χ1v) is 12.8. The van der Waals surface area contributed by atoms with Gasteiger partial charge in [0.05, 0.1) is 18.0 Å². The third kappa shape index (κ3) is 6.94. The third-order valence-electron chi connectivity index (χ3n) is 4.92. The highest BCUT2D eigenvalue weighted by molar-refractivity contribution is 9.10. The van der Waals surface area contributed by atoms with Crippen LogP contribution in [-0.2, 0) is 11.3 Å². The first-order chi connectivity index (χ1) is 17.0. The second kappa shape index (κ2) is 12.0. The Hall–Kier alpha value is -3.14. The van der Waals surface area contributed by atoms with Gasteiger partial charge in [-0.05, 0) is 61.0 Å². The predicted octanol–water partition coefficient (Wildman–Crippen LogP) is 5.93. The van der Waals surface area contributed by atoms with Crippen LogP contribution >= 0.6 is 39.3 Å². The van der Waals surface area contributed by atoms with E-state index in [4.69, 9.17) is 11.6 Å². The van der Waals surface area contributed by atoms with Gasteiger partial charge in [-0.15, -0.1) is 10.2 Å². The van der Waals surface area contributed by atoms with Crippen molar-refractivity contribution in [2.75, 3.05) is 5.32 Å². The number of nitrogens with zero attached hydrogens (tertiary/aromatic N) is 4. The number of aromatic nitrogens is 3. The topological polar surface area (TPSA) is 84.2 Å². The van der Waals surface area contributed by atoms with Crippen LogP contribution in [0.1, 0.15) is 18.3 Å². The molecule has 1 aromatic heterocycles. The molecule has 0 saturated heterocycles. The fourth-order valence-corrected chi connectivity index (χ4v) is 4.37. The molecule has 0 aliphatic heterocycles. The van der Waals surface area contributed by atoms with Crippen LogP contribution in [0.2, 0.25) is 5.02 Å². The van der Waals surface area contributed by atoms with Gasteiger partial charge < -0.3 is 5.32 Å². The smallest absolute Gasteiger partial charge is 0.253 e. The van der Waals surface area contributed by atoms with E-state index < -0.39 is 5.25 Å². The Morgan fingerprint density at radius 3 is 2.51 bits per heavy atom. The second-order valence-corrected chi connectivity index (χ2v) is 10.1. The number of para-hydroxylation sites is 1. The van der Waals surface area contributed by atoms with Gasteiger partial charge in [-0.2, -0.15) is 5.10 Å². The predicted molar refractivity (Wildman–Crippen MR) is 145 cm³/mol. The maximum Gasteiger partial charge on any atom is 0.253 e. The normalized spacial score (nSPS) is 12.0. The number of anilines is 1. The molecule has 0 aliphatic carbocycles. The first-order valence-electron chi connectivity index (χ1n) is 10.7. The second-order valence-electron chi connectivity index (χ2n) is 7.48. The number of amides is 1. The van der Waals surface area contributed by atoms with E-state index in [2.05, 4.69) is 42.0 Å². The summed E-state index contributed by atoms with van der Waals surface area (Å²) in [6.07, 6.45) is 1.61. The number of carbonyl (C=O) groups excluding carboxylic acids is 1. The molecule has 2 N–H and O–H groups in total. The minimum absolute atomic E-state index is 0.230. The molecule has 10 heteroatoms. The average molecular weight is 570 g/mol. The quantitative estimate of drug-likeness (QED) is 0.148. The van der Waals surface area contributed by atoms with E-state index in [0.29, 0.717) is 16.7 Å². The number of hydrogen-bond donors (Lipinski definition) is 2. The van der Waals surface area contributed by atoms with E-state index in [1.54, 1.807) is 6.21 Å². The molecule has 4 rings (SSSR count). The number of halogens is 2. The van der Waals surface area contributed by atoms with E-state index in [1.807, 2.05) is 90.4 Å². The molecular weight excluding hydrogens is 548 g/mol. The van der Waals surface area contributed by atoms with E-state index in [9.17, 15) is 4.79 Å². The zero-order valence-corrected chi connectivity index (χ0v) is 21.9. The molecular formula is C25H22BrClN6OS. The molecule has 3 aromatic carbocycles. The Morgan fingerprint density at radius 2 is 1.80 bits per heavy atom. The van der Waals surface area contributed by atoms with Crippen molar-refractivity contribution in [1.29, 1.82) is 0 Å². The van der Waals surface area contributed by atoms with Crippen molar-refractivity contribution < 1.29 is 4.79 Å². The summed E-state index contributed by atoms with van der Waals surface area (Å²) in [5.41, 5.74) is 5.32. The number of carbonyl (C=O) groups is 1. The van der Waals surface area contributed by atoms with Crippen molar-refractivity contribution in [3.8, 4) is 5.69 Å². The van der Waals surface area contributed by atoms with Gasteiger partial charge in [0.25, 0.3) is 5.91 Å². The average Bonchev–Trinajstić information content (AvgIpc) is 3.27. The summed E-state index contributed by atoms with van der Waals surface area (Å²) in [5.74, 6) is 0.487. The van der Waals surface area contributed by atoms with Gasteiger partial charge in [0, 0.05) is 20.9 Å². The number of hydrazone groups is 1. The molecule has 1 atom stereocenters. The van der Waals surface area contributed by atoms with Gasteiger partial charge >= 0.3 is 0 Å². The summed E-state index contributed by atoms with van der Waals surface area (Å²) in [6.45, 7) is 2.26. The lowest BCUT2D eigenvalue weighted by Crippen LogP contribution is -2.27. The molecule has 0 saturated carbocycles. The van der Waals surface area contributed by atoms with E-state index in [0.717, 1.165) is 27.2 Å². The van der Waals surface area contributed by atoms with Crippen molar-refractivity contribution in [3.05, 3.63) is 99.7 Å². The molecule has 7 nitrogen and oxygen atoms in total. The highest BCUT2D eigenvalue weighted by Crippen LogP contribution is 2.26. The Morgan fingerprint density at radius 1 is 1.09 bits per heavy atom. The van der Waals surface area contributed by atoms with Crippen LogP contribution in [0, 0.1) is 0 Å².